The van der Waals surface area contributed by atoms with Gasteiger partial charge in [0, 0.05) is 54.6 Å². The molecule has 1 aliphatic heterocycles. The lowest BCUT2D eigenvalue weighted by Gasteiger charge is -2.32. The van der Waals surface area contributed by atoms with Crippen LogP contribution in [0.4, 0.5) is 0 Å². The van der Waals surface area contributed by atoms with Gasteiger partial charge in [0.1, 0.15) is 5.82 Å². The number of H-pyrrole nitrogens is 1. The molecule has 1 aromatic carbocycles. The molecule has 6 nitrogen and oxygen atoms in total. The summed E-state index contributed by atoms with van der Waals surface area (Å²) in [6, 6.07) is 15.8. The number of fused-ring (bicyclic) bond motifs is 1. The van der Waals surface area contributed by atoms with E-state index in [-0.39, 0.29) is 11.5 Å². The van der Waals surface area contributed by atoms with Crippen molar-refractivity contribution in [3.8, 4) is 11.4 Å². The number of pyridine rings is 2. The molecule has 0 bridgehead atoms. The lowest BCUT2D eigenvalue weighted by Crippen LogP contribution is -2.34. The first-order chi connectivity index (χ1) is 14.8. The van der Waals surface area contributed by atoms with Crippen LogP contribution in [0.1, 0.15) is 30.0 Å². The maximum absolute atomic E-state index is 12.3. The van der Waals surface area contributed by atoms with E-state index in [0.29, 0.717) is 5.82 Å². The van der Waals surface area contributed by atoms with Crippen molar-refractivity contribution in [2.45, 2.75) is 25.3 Å². The zero-order valence-electron chi connectivity index (χ0n) is 16.7. The van der Waals surface area contributed by atoms with Gasteiger partial charge in [-0.25, -0.2) is 4.98 Å². The van der Waals surface area contributed by atoms with Crippen LogP contribution in [0.25, 0.3) is 22.3 Å². The van der Waals surface area contributed by atoms with E-state index in [1.54, 1.807) is 18.5 Å². The van der Waals surface area contributed by atoms with E-state index in [4.69, 9.17) is 4.98 Å². The Morgan fingerprint density at radius 1 is 1.10 bits per heavy atom. The van der Waals surface area contributed by atoms with Gasteiger partial charge in [-0.15, -0.1) is 0 Å². The molecule has 0 aliphatic carbocycles. The Morgan fingerprint density at radius 2 is 2.03 bits per heavy atom. The van der Waals surface area contributed by atoms with Crippen molar-refractivity contribution >= 4 is 10.9 Å². The van der Waals surface area contributed by atoms with Crippen LogP contribution in [-0.2, 0) is 6.54 Å². The fraction of sp³-hybridized carbons (Fsp3) is 0.250. The Morgan fingerprint density at radius 3 is 2.93 bits per heavy atom. The van der Waals surface area contributed by atoms with Crippen molar-refractivity contribution in [2.24, 2.45) is 0 Å². The fourth-order valence-electron chi connectivity index (χ4n) is 4.30. The van der Waals surface area contributed by atoms with E-state index in [1.807, 2.05) is 24.4 Å². The van der Waals surface area contributed by atoms with Gasteiger partial charge in [0.05, 0.1) is 11.2 Å². The molecule has 4 heterocycles. The zero-order chi connectivity index (χ0) is 20.3. The number of piperidine rings is 1. The minimum atomic E-state index is -0.115. The Hall–Kier alpha value is -3.38. The molecule has 1 aliphatic rings. The standard InChI is InChI=1S/C24H23N5O/c30-23-13-22(27-24(28-23)17-5-3-10-25-14-17)19-6-4-12-29(16-19)15-18-9-11-26-21-8-2-1-7-20(18)21/h1-3,5,7-11,13-14,19H,4,6,12,15-16H2,(H,27,28,30). The molecule has 1 unspecified atom stereocenters. The van der Waals surface area contributed by atoms with Crippen LogP contribution in [0.3, 0.4) is 0 Å². The quantitative estimate of drug-likeness (QED) is 0.568. The number of benzene rings is 1. The summed E-state index contributed by atoms with van der Waals surface area (Å²) in [6.45, 7) is 2.81. The lowest BCUT2D eigenvalue weighted by atomic mass is 9.94. The topological polar surface area (TPSA) is 74.8 Å². The normalized spacial score (nSPS) is 17.3. The second kappa shape index (κ2) is 8.16. The summed E-state index contributed by atoms with van der Waals surface area (Å²) in [5, 5.41) is 1.20. The Bertz CT molecular complexity index is 1220. The molecule has 0 spiro atoms. The summed E-state index contributed by atoms with van der Waals surface area (Å²) in [6.07, 6.45) is 7.45. The van der Waals surface area contributed by atoms with Crippen molar-refractivity contribution in [2.75, 3.05) is 13.1 Å². The van der Waals surface area contributed by atoms with Crippen LogP contribution in [0, 0.1) is 0 Å². The maximum Gasteiger partial charge on any atom is 0.251 e. The highest BCUT2D eigenvalue weighted by atomic mass is 16.1. The third kappa shape index (κ3) is 3.86. The van der Waals surface area contributed by atoms with Gasteiger partial charge in [-0.2, -0.15) is 0 Å². The second-order valence-corrected chi connectivity index (χ2v) is 7.82. The van der Waals surface area contributed by atoms with Crippen molar-refractivity contribution in [3.63, 3.8) is 0 Å². The average Bonchev–Trinajstić information content (AvgIpc) is 2.80. The number of aromatic nitrogens is 4. The molecular formula is C24H23N5O. The van der Waals surface area contributed by atoms with Gasteiger partial charge in [0.25, 0.3) is 5.56 Å². The first-order valence-electron chi connectivity index (χ1n) is 10.3. The first kappa shape index (κ1) is 18.6. The van der Waals surface area contributed by atoms with Crippen LogP contribution in [0.2, 0.25) is 0 Å². The molecule has 1 atom stereocenters. The van der Waals surface area contributed by atoms with Crippen LogP contribution < -0.4 is 5.56 Å². The molecule has 30 heavy (non-hydrogen) atoms. The van der Waals surface area contributed by atoms with Gasteiger partial charge in [0.2, 0.25) is 0 Å². The second-order valence-electron chi connectivity index (χ2n) is 7.82. The molecule has 0 radical (unpaired) electrons. The third-order valence-electron chi connectivity index (χ3n) is 5.75. The fourth-order valence-corrected chi connectivity index (χ4v) is 4.30. The highest BCUT2D eigenvalue weighted by molar-refractivity contribution is 5.81. The Kier molecular flexibility index (Phi) is 5.07. The number of nitrogens with zero attached hydrogens (tertiary/aromatic N) is 4. The molecule has 150 valence electrons. The van der Waals surface area contributed by atoms with Gasteiger partial charge in [-0.1, -0.05) is 18.2 Å². The SMILES string of the molecule is O=c1cc(C2CCCN(Cc3ccnc4ccccc34)C2)nc(-c2cccnc2)[nH]1. The van der Waals surface area contributed by atoms with Crippen molar-refractivity contribution < 1.29 is 0 Å². The summed E-state index contributed by atoms with van der Waals surface area (Å²) in [4.78, 5) is 31.0. The van der Waals surface area contributed by atoms with E-state index in [9.17, 15) is 4.79 Å². The summed E-state index contributed by atoms with van der Waals surface area (Å²) in [5.74, 6) is 0.826. The average molecular weight is 397 g/mol. The smallest absolute Gasteiger partial charge is 0.251 e. The molecule has 1 saturated heterocycles. The van der Waals surface area contributed by atoms with Crippen LogP contribution in [-0.4, -0.2) is 37.9 Å². The number of nitrogens with one attached hydrogen (secondary N) is 1. The van der Waals surface area contributed by atoms with E-state index in [2.05, 4.69) is 44.1 Å². The summed E-state index contributed by atoms with van der Waals surface area (Å²) in [5.41, 5.74) is 3.89. The largest absolute Gasteiger partial charge is 0.306 e. The molecule has 3 aromatic heterocycles. The number of likely N-dealkylation sites (tertiary alicyclic amines) is 1. The Labute approximate surface area is 174 Å². The monoisotopic (exact) mass is 397 g/mol. The number of hydrogen-bond acceptors (Lipinski definition) is 5. The van der Waals surface area contributed by atoms with Gasteiger partial charge < -0.3 is 4.98 Å². The lowest BCUT2D eigenvalue weighted by molar-refractivity contribution is 0.199. The third-order valence-corrected chi connectivity index (χ3v) is 5.75. The summed E-state index contributed by atoms with van der Waals surface area (Å²) < 4.78 is 0. The highest BCUT2D eigenvalue weighted by Gasteiger charge is 2.24. The summed E-state index contributed by atoms with van der Waals surface area (Å²) in [7, 11) is 0. The minimum Gasteiger partial charge on any atom is -0.306 e. The predicted molar refractivity (Wildman–Crippen MR) is 117 cm³/mol. The molecule has 0 amide bonds. The van der Waals surface area contributed by atoms with E-state index >= 15 is 0 Å². The van der Waals surface area contributed by atoms with Gasteiger partial charge in [-0.05, 0) is 49.2 Å². The van der Waals surface area contributed by atoms with Gasteiger partial charge in [0.15, 0.2) is 0 Å². The highest BCUT2D eigenvalue weighted by Crippen LogP contribution is 2.28. The first-order valence-corrected chi connectivity index (χ1v) is 10.3. The Balaban J connectivity index is 1.39. The summed E-state index contributed by atoms with van der Waals surface area (Å²) >= 11 is 0. The van der Waals surface area contributed by atoms with E-state index < -0.39 is 0 Å². The van der Waals surface area contributed by atoms with E-state index in [0.717, 1.165) is 49.2 Å². The number of aromatic amines is 1. The molecule has 6 heteroatoms. The van der Waals surface area contributed by atoms with E-state index in [1.165, 1.54) is 10.9 Å². The molecule has 1 N–H and O–H groups in total. The number of rotatable bonds is 4. The van der Waals surface area contributed by atoms with Crippen LogP contribution >= 0.6 is 0 Å². The molecular weight excluding hydrogens is 374 g/mol. The van der Waals surface area contributed by atoms with Crippen molar-refractivity contribution in [3.05, 3.63) is 88.7 Å². The van der Waals surface area contributed by atoms with Crippen molar-refractivity contribution in [1.82, 2.24) is 24.8 Å². The van der Waals surface area contributed by atoms with Gasteiger partial charge in [-0.3, -0.25) is 19.7 Å². The predicted octanol–water partition coefficient (Wildman–Crippen LogP) is 3.76. The zero-order valence-corrected chi connectivity index (χ0v) is 16.7. The minimum absolute atomic E-state index is 0.115. The van der Waals surface area contributed by atoms with Gasteiger partial charge >= 0.3 is 0 Å². The maximum atomic E-state index is 12.3. The van der Waals surface area contributed by atoms with Crippen LogP contribution in [0.15, 0.2) is 71.9 Å². The molecule has 4 aromatic rings. The molecule has 0 saturated carbocycles. The number of hydrogen-bond donors (Lipinski definition) is 1. The van der Waals surface area contributed by atoms with Crippen molar-refractivity contribution in [1.29, 1.82) is 0 Å². The van der Waals surface area contributed by atoms with Crippen LogP contribution in [0.5, 0.6) is 0 Å². The number of para-hydroxylation sites is 1. The molecule has 1 fully saturated rings. The molecule has 5 rings (SSSR count).